The van der Waals surface area contributed by atoms with E-state index in [1.807, 2.05) is 0 Å². The highest BCUT2D eigenvalue weighted by Crippen LogP contribution is 2.30. The predicted molar refractivity (Wildman–Crippen MR) is 144 cm³/mol. The molecule has 3 N–H and O–H groups in total. The molecular weight excluding hydrogens is 542 g/mol. The van der Waals surface area contributed by atoms with E-state index in [0.29, 0.717) is 25.1 Å². The zero-order valence-electron chi connectivity index (χ0n) is 21.0. The number of carbonyl (C=O) groups is 3. The van der Waals surface area contributed by atoms with Crippen LogP contribution in [-0.4, -0.2) is 50.5 Å². The van der Waals surface area contributed by atoms with Crippen LogP contribution in [0.1, 0.15) is 33.7 Å². The third kappa shape index (κ3) is 5.41. The van der Waals surface area contributed by atoms with Crippen molar-refractivity contribution in [2.45, 2.75) is 12.8 Å². The number of aromatic nitrogens is 3. The van der Waals surface area contributed by atoms with E-state index >= 15 is 0 Å². The van der Waals surface area contributed by atoms with Crippen LogP contribution >= 0.6 is 11.6 Å². The minimum atomic E-state index is -0.850. The van der Waals surface area contributed by atoms with Gasteiger partial charge in [0.2, 0.25) is 5.91 Å². The maximum atomic E-state index is 14.7. The Bertz CT molecular complexity index is 1610. The number of anilines is 1. The van der Waals surface area contributed by atoms with Crippen molar-refractivity contribution < 1.29 is 23.2 Å². The van der Waals surface area contributed by atoms with Gasteiger partial charge in [-0.1, -0.05) is 29.8 Å². The second-order valence-corrected chi connectivity index (χ2v) is 9.66. The molecule has 1 saturated heterocycles. The molecular formula is C28H23ClF2N6O3. The summed E-state index contributed by atoms with van der Waals surface area (Å²) < 4.78 is 30.4. The fourth-order valence-corrected chi connectivity index (χ4v) is 4.80. The monoisotopic (exact) mass is 564 g/mol. The highest BCUT2D eigenvalue weighted by Gasteiger charge is 2.30. The lowest BCUT2D eigenvalue weighted by Gasteiger charge is -2.30. The maximum Gasteiger partial charge on any atom is 0.274 e. The van der Waals surface area contributed by atoms with Gasteiger partial charge >= 0.3 is 0 Å². The minimum Gasteiger partial charge on any atom is -0.369 e. The van der Waals surface area contributed by atoms with Gasteiger partial charge in [0.05, 0.1) is 22.2 Å². The number of hydrogen-bond donors (Lipinski definition) is 2. The lowest BCUT2D eigenvalue weighted by molar-refractivity contribution is -0.123. The van der Waals surface area contributed by atoms with Crippen molar-refractivity contribution in [1.29, 1.82) is 0 Å². The van der Waals surface area contributed by atoms with Gasteiger partial charge in [-0.25, -0.2) is 13.5 Å². The Morgan fingerprint density at radius 1 is 1.02 bits per heavy atom. The van der Waals surface area contributed by atoms with Gasteiger partial charge in [0, 0.05) is 30.9 Å². The summed E-state index contributed by atoms with van der Waals surface area (Å²) in [7, 11) is 0. The molecule has 1 aliphatic heterocycles. The molecule has 204 valence electrons. The molecule has 0 saturated carbocycles. The summed E-state index contributed by atoms with van der Waals surface area (Å²) in [6, 6.07) is 14.7. The minimum absolute atomic E-state index is 0.0331. The molecule has 0 bridgehead atoms. The zero-order valence-corrected chi connectivity index (χ0v) is 21.7. The van der Waals surface area contributed by atoms with E-state index < -0.39 is 35.3 Å². The largest absolute Gasteiger partial charge is 0.369 e. The highest BCUT2D eigenvalue weighted by atomic mass is 35.5. The van der Waals surface area contributed by atoms with Crippen LogP contribution in [0.3, 0.4) is 0 Å². The molecule has 1 aliphatic rings. The van der Waals surface area contributed by atoms with Crippen molar-refractivity contribution in [3.63, 3.8) is 0 Å². The molecule has 9 nitrogen and oxygen atoms in total. The van der Waals surface area contributed by atoms with Crippen LogP contribution in [0.15, 0.2) is 66.9 Å². The van der Waals surface area contributed by atoms with Gasteiger partial charge in [-0.05, 0) is 49.2 Å². The number of pyridine rings is 1. The van der Waals surface area contributed by atoms with E-state index in [-0.39, 0.29) is 39.9 Å². The first-order valence-corrected chi connectivity index (χ1v) is 12.8. The standard InChI is InChI=1S/C28H23ClF2N6O3/c29-20-13-22(31)19(25-21(30)9-4-10-33-25)12-18(20)27(39)34-24-14-23(35-37(24)17-7-2-1-3-8-17)28(40)36-11-5-6-16(15-36)26(32)38/h1-4,7-10,12-14,16H,5-6,11,15H2,(H2,32,38)(H,34,39)/t16-/m0/s1. The molecule has 5 rings (SSSR count). The van der Waals surface area contributed by atoms with Crippen molar-refractivity contribution in [1.82, 2.24) is 19.7 Å². The molecule has 0 spiro atoms. The van der Waals surface area contributed by atoms with Crippen LogP contribution in [0.4, 0.5) is 14.6 Å². The first-order chi connectivity index (χ1) is 19.2. The number of nitrogens with one attached hydrogen (secondary N) is 1. The summed E-state index contributed by atoms with van der Waals surface area (Å²) in [4.78, 5) is 43.8. The van der Waals surface area contributed by atoms with E-state index in [4.69, 9.17) is 17.3 Å². The summed E-state index contributed by atoms with van der Waals surface area (Å²) in [6.07, 6.45) is 2.52. The zero-order chi connectivity index (χ0) is 28.4. The molecule has 0 aliphatic carbocycles. The van der Waals surface area contributed by atoms with Gasteiger partial charge in [0.25, 0.3) is 11.8 Å². The van der Waals surface area contributed by atoms with Crippen molar-refractivity contribution >= 4 is 35.1 Å². The van der Waals surface area contributed by atoms with Crippen molar-refractivity contribution in [3.05, 3.63) is 94.8 Å². The number of rotatable bonds is 6. The average Bonchev–Trinajstić information content (AvgIpc) is 3.37. The highest BCUT2D eigenvalue weighted by molar-refractivity contribution is 6.34. The Balaban J connectivity index is 1.49. The number of para-hydroxylation sites is 1. The van der Waals surface area contributed by atoms with Crippen LogP contribution in [0.5, 0.6) is 0 Å². The molecule has 0 radical (unpaired) electrons. The van der Waals surface area contributed by atoms with Gasteiger partial charge in [-0.3, -0.25) is 19.4 Å². The van der Waals surface area contributed by atoms with Crippen LogP contribution in [0.2, 0.25) is 5.02 Å². The summed E-state index contributed by atoms with van der Waals surface area (Å²) in [5, 5.41) is 6.90. The van der Waals surface area contributed by atoms with Gasteiger partial charge in [-0.15, -0.1) is 0 Å². The first-order valence-electron chi connectivity index (χ1n) is 12.4. The van der Waals surface area contributed by atoms with Gasteiger partial charge in [-0.2, -0.15) is 5.10 Å². The Morgan fingerprint density at radius 3 is 2.52 bits per heavy atom. The Morgan fingerprint density at radius 2 is 1.80 bits per heavy atom. The summed E-state index contributed by atoms with van der Waals surface area (Å²) in [5.41, 5.74) is 5.38. The Labute approximate surface area is 232 Å². The predicted octanol–water partition coefficient (Wildman–Crippen LogP) is 4.46. The molecule has 40 heavy (non-hydrogen) atoms. The number of benzene rings is 2. The smallest absolute Gasteiger partial charge is 0.274 e. The molecule has 2 aromatic carbocycles. The summed E-state index contributed by atoms with van der Waals surface area (Å²) in [6.45, 7) is 0.604. The molecule has 0 unspecified atom stereocenters. The molecule has 3 amide bonds. The van der Waals surface area contributed by atoms with Crippen LogP contribution in [0.25, 0.3) is 16.9 Å². The van der Waals surface area contributed by atoms with E-state index in [0.717, 1.165) is 18.2 Å². The van der Waals surface area contributed by atoms with Crippen LogP contribution in [-0.2, 0) is 4.79 Å². The van der Waals surface area contributed by atoms with E-state index in [1.54, 1.807) is 30.3 Å². The number of primary amides is 1. The number of likely N-dealkylation sites (tertiary alicyclic amines) is 1. The van der Waals surface area contributed by atoms with Crippen LogP contribution < -0.4 is 11.1 Å². The van der Waals surface area contributed by atoms with E-state index in [9.17, 15) is 23.2 Å². The normalized spacial score (nSPS) is 15.1. The fourth-order valence-electron chi connectivity index (χ4n) is 4.57. The summed E-state index contributed by atoms with van der Waals surface area (Å²) >= 11 is 6.21. The molecule has 1 fully saturated rings. The second kappa shape index (κ2) is 11.2. The number of halogens is 3. The molecule has 4 aromatic rings. The topological polar surface area (TPSA) is 123 Å². The first kappa shape index (κ1) is 26.9. The van der Waals surface area contributed by atoms with Gasteiger partial charge in [0.15, 0.2) is 5.69 Å². The third-order valence-corrected chi connectivity index (χ3v) is 6.91. The molecule has 3 heterocycles. The Hall–Kier alpha value is -4.64. The van der Waals surface area contributed by atoms with Crippen molar-refractivity contribution in [2.24, 2.45) is 11.7 Å². The van der Waals surface area contributed by atoms with E-state index in [2.05, 4.69) is 15.4 Å². The van der Waals surface area contributed by atoms with Crippen molar-refractivity contribution in [2.75, 3.05) is 18.4 Å². The third-order valence-electron chi connectivity index (χ3n) is 6.60. The van der Waals surface area contributed by atoms with Crippen LogP contribution in [0, 0.1) is 17.6 Å². The second-order valence-electron chi connectivity index (χ2n) is 9.25. The summed E-state index contributed by atoms with van der Waals surface area (Å²) in [5.74, 6) is -3.58. The Kier molecular flexibility index (Phi) is 7.56. The quantitative estimate of drug-likeness (QED) is 0.358. The van der Waals surface area contributed by atoms with Gasteiger partial charge < -0.3 is 16.0 Å². The number of hydrogen-bond acceptors (Lipinski definition) is 5. The SMILES string of the molecule is NC(=O)[C@H]1CCCN(C(=O)c2cc(NC(=O)c3cc(-c4ncccc4F)c(F)cc3Cl)n(-c3ccccc3)n2)C1. The molecule has 1 atom stereocenters. The number of carbonyl (C=O) groups excluding carboxylic acids is 3. The number of piperidine rings is 1. The fraction of sp³-hybridized carbons (Fsp3) is 0.179. The number of nitrogens with two attached hydrogens (primary N) is 1. The molecule has 12 heteroatoms. The number of nitrogens with zero attached hydrogens (tertiary/aromatic N) is 4. The molecule has 2 aromatic heterocycles. The van der Waals surface area contributed by atoms with E-state index in [1.165, 1.54) is 27.9 Å². The lowest BCUT2D eigenvalue weighted by Crippen LogP contribution is -2.44. The number of amides is 3. The van der Waals surface area contributed by atoms with Gasteiger partial charge in [0.1, 0.15) is 23.1 Å². The lowest BCUT2D eigenvalue weighted by atomic mass is 9.97. The maximum absolute atomic E-state index is 14.7. The average molecular weight is 565 g/mol. The van der Waals surface area contributed by atoms with Crippen molar-refractivity contribution in [3.8, 4) is 16.9 Å².